The number of hydrogen-bond donors (Lipinski definition) is 3. The van der Waals surface area contributed by atoms with Crippen LogP contribution in [0, 0.1) is 25.2 Å². The van der Waals surface area contributed by atoms with Crippen LogP contribution in [-0.4, -0.2) is 23.5 Å². The number of carbonyl (C=O) groups excluding carboxylic acids is 3. The number of nitrogens with one attached hydrogen (secondary N) is 3. The SMILES string of the molecule is Cc1ccc(C(=O)Nc2cccc(SCC(=O)Nc3sc(C(=O)Nc4ccccc4)c(C)c3C#N)c2)cc1. The van der Waals surface area contributed by atoms with Crippen LogP contribution in [0.3, 0.4) is 0 Å². The molecule has 3 N–H and O–H groups in total. The van der Waals surface area contributed by atoms with Crippen molar-refractivity contribution >= 4 is 57.2 Å². The van der Waals surface area contributed by atoms with Crippen LogP contribution in [-0.2, 0) is 4.79 Å². The number of para-hydroxylation sites is 1. The molecule has 1 heterocycles. The maximum absolute atomic E-state index is 12.8. The number of thioether (sulfide) groups is 1. The first-order valence-corrected chi connectivity index (χ1v) is 13.4. The van der Waals surface area contributed by atoms with E-state index in [-0.39, 0.29) is 29.0 Å². The average Bonchev–Trinajstić information content (AvgIpc) is 3.23. The summed E-state index contributed by atoms with van der Waals surface area (Å²) in [6, 6.07) is 25.7. The number of rotatable bonds is 8. The number of hydrogen-bond acceptors (Lipinski definition) is 6. The Hall–Kier alpha value is -4.39. The number of benzene rings is 3. The third kappa shape index (κ3) is 6.68. The molecule has 1 aromatic heterocycles. The number of nitrogens with zero attached hydrogens (tertiary/aromatic N) is 1. The smallest absolute Gasteiger partial charge is 0.266 e. The molecule has 0 aliphatic carbocycles. The highest BCUT2D eigenvalue weighted by molar-refractivity contribution is 8.00. The summed E-state index contributed by atoms with van der Waals surface area (Å²) in [4.78, 5) is 39.2. The Morgan fingerprint density at radius 1 is 0.842 bits per heavy atom. The minimum Gasteiger partial charge on any atom is -0.322 e. The van der Waals surface area contributed by atoms with Crippen molar-refractivity contribution in [1.82, 2.24) is 0 Å². The van der Waals surface area contributed by atoms with Gasteiger partial charge in [0.25, 0.3) is 11.8 Å². The summed E-state index contributed by atoms with van der Waals surface area (Å²) in [6.07, 6.45) is 0. The van der Waals surface area contributed by atoms with E-state index < -0.39 is 0 Å². The third-order valence-corrected chi connectivity index (χ3v) is 7.72. The molecule has 0 spiro atoms. The molecule has 4 aromatic rings. The van der Waals surface area contributed by atoms with Crippen LogP contribution < -0.4 is 16.0 Å². The molecule has 38 heavy (non-hydrogen) atoms. The van der Waals surface area contributed by atoms with Gasteiger partial charge < -0.3 is 16.0 Å². The number of thiophene rings is 1. The first-order chi connectivity index (χ1) is 18.3. The van der Waals surface area contributed by atoms with Gasteiger partial charge >= 0.3 is 0 Å². The average molecular weight is 541 g/mol. The van der Waals surface area contributed by atoms with Crippen LogP contribution >= 0.6 is 23.1 Å². The molecular weight excluding hydrogens is 516 g/mol. The summed E-state index contributed by atoms with van der Waals surface area (Å²) in [7, 11) is 0. The molecule has 0 fully saturated rings. The van der Waals surface area contributed by atoms with Crippen molar-refractivity contribution in [2.24, 2.45) is 0 Å². The second kappa shape index (κ2) is 12.2. The Morgan fingerprint density at radius 2 is 1.53 bits per heavy atom. The molecular formula is C29H24N4O3S2. The predicted molar refractivity (Wildman–Crippen MR) is 153 cm³/mol. The number of nitriles is 1. The van der Waals surface area contributed by atoms with E-state index in [1.54, 1.807) is 49.4 Å². The molecule has 0 saturated carbocycles. The molecule has 3 amide bonds. The predicted octanol–water partition coefficient (Wildman–Crippen LogP) is 6.47. The Bertz CT molecular complexity index is 1520. The van der Waals surface area contributed by atoms with Gasteiger partial charge in [0.15, 0.2) is 0 Å². The van der Waals surface area contributed by atoms with Crippen LogP contribution in [0.2, 0.25) is 0 Å². The van der Waals surface area contributed by atoms with E-state index in [4.69, 9.17) is 0 Å². The lowest BCUT2D eigenvalue weighted by atomic mass is 10.1. The summed E-state index contributed by atoms with van der Waals surface area (Å²) >= 11 is 2.37. The van der Waals surface area contributed by atoms with Gasteiger partial charge in [-0.3, -0.25) is 14.4 Å². The summed E-state index contributed by atoms with van der Waals surface area (Å²) in [5.74, 6) is -0.775. The highest BCUT2D eigenvalue weighted by atomic mass is 32.2. The summed E-state index contributed by atoms with van der Waals surface area (Å²) < 4.78 is 0. The summed E-state index contributed by atoms with van der Waals surface area (Å²) in [5, 5.41) is 18.4. The van der Waals surface area contributed by atoms with E-state index in [9.17, 15) is 19.6 Å². The zero-order valence-corrected chi connectivity index (χ0v) is 22.3. The molecule has 7 nitrogen and oxygen atoms in total. The van der Waals surface area contributed by atoms with Gasteiger partial charge in [-0.25, -0.2) is 0 Å². The molecule has 9 heteroatoms. The van der Waals surface area contributed by atoms with Crippen molar-refractivity contribution in [3.05, 3.63) is 106 Å². The van der Waals surface area contributed by atoms with Crippen molar-refractivity contribution in [1.29, 1.82) is 5.26 Å². The minimum absolute atomic E-state index is 0.0860. The Morgan fingerprint density at radius 3 is 2.24 bits per heavy atom. The van der Waals surface area contributed by atoms with Crippen molar-refractivity contribution in [3.8, 4) is 6.07 Å². The van der Waals surface area contributed by atoms with Crippen molar-refractivity contribution < 1.29 is 14.4 Å². The monoisotopic (exact) mass is 540 g/mol. The highest BCUT2D eigenvalue weighted by Crippen LogP contribution is 2.33. The Kier molecular flexibility index (Phi) is 8.58. The van der Waals surface area contributed by atoms with Gasteiger partial charge in [-0.05, 0) is 61.9 Å². The molecule has 3 aromatic carbocycles. The molecule has 0 saturated heterocycles. The minimum atomic E-state index is -0.338. The highest BCUT2D eigenvalue weighted by Gasteiger charge is 2.21. The fraction of sp³-hybridized carbons (Fsp3) is 0.103. The van der Waals surface area contributed by atoms with Gasteiger partial charge in [-0.15, -0.1) is 23.1 Å². The zero-order valence-electron chi connectivity index (χ0n) is 20.7. The number of amides is 3. The summed E-state index contributed by atoms with van der Waals surface area (Å²) in [5.41, 5.74) is 3.69. The van der Waals surface area contributed by atoms with Gasteiger partial charge in [0.05, 0.1) is 16.2 Å². The third-order valence-electron chi connectivity index (χ3n) is 5.53. The van der Waals surface area contributed by atoms with Crippen LogP contribution in [0.25, 0.3) is 0 Å². The lowest BCUT2D eigenvalue weighted by molar-refractivity contribution is -0.113. The maximum Gasteiger partial charge on any atom is 0.266 e. The lowest BCUT2D eigenvalue weighted by Crippen LogP contribution is -2.14. The van der Waals surface area contributed by atoms with Crippen LogP contribution in [0.5, 0.6) is 0 Å². The van der Waals surface area contributed by atoms with E-state index in [1.165, 1.54) is 11.8 Å². The second-order valence-electron chi connectivity index (χ2n) is 8.38. The number of anilines is 3. The van der Waals surface area contributed by atoms with Crippen LogP contribution in [0.4, 0.5) is 16.4 Å². The van der Waals surface area contributed by atoms with E-state index in [1.807, 2.05) is 43.3 Å². The van der Waals surface area contributed by atoms with Gasteiger partial charge in [0, 0.05) is 21.8 Å². The Labute approximate surface area is 228 Å². The maximum atomic E-state index is 12.8. The fourth-order valence-electron chi connectivity index (χ4n) is 3.55. The van der Waals surface area contributed by atoms with Gasteiger partial charge in [-0.1, -0.05) is 42.0 Å². The molecule has 0 radical (unpaired) electrons. The van der Waals surface area contributed by atoms with Crippen LogP contribution in [0.1, 0.15) is 36.7 Å². The van der Waals surface area contributed by atoms with Crippen molar-refractivity contribution in [2.45, 2.75) is 18.7 Å². The first kappa shape index (κ1) is 26.7. The molecule has 0 aliphatic rings. The molecule has 0 atom stereocenters. The molecule has 0 aliphatic heterocycles. The second-order valence-corrected chi connectivity index (χ2v) is 10.4. The standard InChI is InChI=1S/C29H24N4O3S2/c1-18-11-13-20(14-12-18)27(35)32-22-9-6-10-23(15-22)37-17-25(34)33-29-24(16-30)19(2)26(38-29)28(36)31-21-7-4-3-5-8-21/h3-15H,17H2,1-2H3,(H,31,36)(H,32,35)(H,33,34). The molecule has 190 valence electrons. The summed E-state index contributed by atoms with van der Waals surface area (Å²) in [6.45, 7) is 3.65. The van der Waals surface area contributed by atoms with Crippen molar-refractivity contribution in [3.63, 3.8) is 0 Å². The van der Waals surface area contributed by atoms with Gasteiger partial charge in [0.2, 0.25) is 5.91 Å². The molecule has 0 bridgehead atoms. The number of aryl methyl sites for hydroxylation is 1. The Balaban J connectivity index is 1.37. The first-order valence-electron chi connectivity index (χ1n) is 11.6. The zero-order chi connectivity index (χ0) is 27.1. The van der Waals surface area contributed by atoms with Gasteiger partial charge in [0.1, 0.15) is 11.1 Å². The van der Waals surface area contributed by atoms with Crippen molar-refractivity contribution in [2.75, 3.05) is 21.7 Å². The largest absolute Gasteiger partial charge is 0.322 e. The van der Waals surface area contributed by atoms with E-state index in [0.717, 1.165) is 21.8 Å². The van der Waals surface area contributed by atoms with E-state index >= 15 is 0 Å². The van der Waals surface area contributed by atoms with E-state index in [0.29, 0.717) is 32.4 Å². The molecule has 0 unspecified atom stereocenters. The van der Waals surface area contributed by atoms with Crippen LogP contribution in [0.15, 0.2) is 83.8 Å². The quantitative estimate of drug-likeness (QED) is 0.222. The molecule has 4 rings (SSSR count). The van der Waals surface area contributed by atoms with Gasteiger partial charge in [-0.2, -0.15) is 5.26 Å². The van der Waals surface area contributed by atoms with E-state index in [2.05, 4.69) is 22.0 Å². The normalized spacial score (nSPS) is 10.3. The fourth-order valence-corrected chi connectivity index (χ4v) is 5.37. The number of carbonyl (C=O) groups is 3. The topological polar surface area (TPSA) is 111 Å². The lowest BCUT2D eigenvalue weighted by Gasteiger charge is -2.08.